The average Bonchev–Trinajstić information content (AvgIpc) is 3.28. The Morgan fingerprint density at radius 3 is 2.85 bits per heavy atom. The molecule has 0 bridgehead atoms. The van der Waals surface area contributed by atoms with Gasteiger partial charge in [-0.2, -0.15) is 23.3 Å². The zero-order valence-electron chi connectivity index (χ0n) is 13.9. The van der Waals surface area contributed by atoms with Gasteiger partial charge >= 0.3 is 12.1 Å². The van der Waals surface area contributed by atoms with E-state index in [0.717, 1.165) is 24.9 Å². The number of hydrogen-bond acceptors (Lipinski definition) is 6. The first-order valence-electron chi connectivity index (χ1n) is 7.97. The van der Waals surface area contributed by atoms with E-state index in [-0.39, 0.29) is 11.7 Å². The Hall–Kier alpha value is -2.91. The van der Waals surface area contributed by atoms with Crippen molar-refractivity contribution in [3.8, 4) is 17.3 Å². The highest BCUT2D eigenvalue weighted by molar-refractivity contribution is 5.55. The lowest BCUT2D eigenvalue weighted by atomic mass is 10.2. The van der Waals surface area contributed by atoms with E-state index in [1.807, 2.05) is 24.0 Å². The largest absolute Gasteiger partial charge is 0.478 e. The lowest BCUT2D eigenvalue weighted by molar-refractivity contribution is -0.159. The second kappa shape index (κ2) is 7.54. The van der Waals surface area contributed by atoms with Gasteiger partial charge in [0.25, 0.3) is 0 Å². The Balaban J connectivity index is 1.56. The number of nitrogens with zero attached hydrogens (tertiary/aromatic N) is 5. The molecule has 0 aliphatic carbocycles. The molecule has 0 unspecified atom stereocenters. The first kappa shape index (κ1) is 17.9. The van der Waals surface area contributed by atoms with E-state index in [0.29, 0.717) is 12.2 Å². The van der Waals surface area contributed by atoms with Gasteiger partial charge in [-0.1, -0.05) is 5.16 Å². The maximum absolute atomic E-state index is 12.5. The van der Waals surface area contributed by atoms with E-state index in [1.165, 1.54) is 18.3 Å². The summed E-state index contributed by atoms with van der Waals surface area (Å²) in [6, 6.07) is 2.96. The summed E-state index contributed by atoms with van der Waals surface area (Å²) >= 11 is 0. The van der Waals surface area contributed by atoms with E-state index in [4.69, 9.17) is 4.74 Å². The molecule has 138 valence electrons. The van der Waals surface area contributed by atoms with E-state index < -0.39 is 12.1 Å². The summed E-state index contributed by atoms with van der Waals surface area (Å²) in [7, 11) is 0. The van der Waals surface area contributed by atoms with Crippen LogP contribution in [0.3, 0.4) is 0 Å². The molecular weight excluding hydrogens is 351 g/mol. The summed E-state index contributed by atoms with van der Waals surface area (Å²) in [5.74, 6) is -1.28. The fourth-order valence-electron chi connectivity index (χ4n) is 2.24. The number of aryl methyl sites for hydroxylation is 2. The predicted molar refractivity (Wildman–Crippen MR) is 84.2 cm³/mol. The monoisotopic (exact) mass is 367 g/mol. The Morgan fingerprint density at radius 2 is 2.15 bits per heavy atom. The summed E-state index contributed by atoms with van der Waals surface area (Å²) < 4.78 is 49.2. The number of pyridine rings is 1. The normalized spacial score (nSPS) is 11.7. The number of rotatable bonds is 7. The summed E-state index contributed by atoms with van der Waals surface area (Å²) in [4.78, 5) is 7.38. The third kappa shape index (κ3) is 4.38. The molecule has 0 radical (unpaired) electrons. The first-order chi connectivity index (χ1) is 12.5. The van der Waals surface area contributed by atoms with Gasteiger partial charge in [-0.3, -0.25) is 4.68 Å². The molecule has 3 rings (SSSR count). The minimum Gasteiger partial charge on any atom is -0.478 e. The van der Waals surface area contributed by atoms with Gasteiger partial charge in [-0.05, 0) is 31.4 Å². The van der Waals surface area contributed by atoms with Crippen molar-refractivity contribution in [1.29, 1.82) is 0 Å². The molecule has 7 nitrogen and oxygen atoms in total. The highest BCUT2D eigenvalue weighted by atomic mass is 19.4. The lowest BCUT2D eigenvalue weighted by Crippen LogP contribution is -2.04. The van der Waals surface area contributed by atoms with Crippen molar-refractivity contribution in [3.05, 3.63) is 42.2 Å². The smallest absolute Gasteiger partial charge is 0.471 e. The summed E-state index contributed by atoms with van der Waals surface area (Å²) in [6.07, 6.45) is 2.09. The minimum absolute atomic E-state index is 0.170. The van der Waals surface area contributed by atoms with Crippen molar-refractivity contribution in [3.63, 3.8) is 0 Å². The molecule has 0 amide bonds. The molecule has 3 aromatic heterocycles. The SMILES string of the molecule is CCn1cc(CCCOc2cc(-c3noc(C(F)(F)F)n3)ccn2)cn1. The molecule has 3 heterocycles. The number of halogens is 3. The molecule has 0 N–H and O–H groups in total. The van der Waals surface area contributed by atoms with Crippen LogP contribution in [0.1, 0.15) is 24.8 Å². The predicted octanol–water partition coefficient (Wildman–Crippen LogP) is 3.38. The molecule has 0 aliphatic rings. The van der Waals surface area contributed by atoms with Crippen molar-refractivity contribution in [2.75, 3.05) is 6.61 Å². The maximum atomic E-state index is 12.5. The van der Waals surface area contributed by atoms with Crippen LogP contribution < -0.4 is 4.74 Å². The summed E-state index contributed by atoms with van der Waals surface area (Å²) in [6.45, 7) is 3.24. The number of ether oxygens (including phenoxy) is 1. The Bertz CT molecular complexity index is 859. The van der Waals surface area contributed by atoms with Crippen LogP contribution in [0.25, 0.3) is 11.4 Å². The van der Waals surface area contributed by atoms with Gasteiger partial charge in [0.05, 0.1) is 12.8 Å². The first-order valence-corrected chi connectivity index (χ1v) is 7.97. The van der Waals surface area contributed by atoms with Crippen molar-refractivity contribution in [2.45, 2.75) is 32.5 Å². The molecular formula is C16H16F3N5O2. The van der Waals surface area contributed by atoms with Crippen LogP contribution in [-0.2, 0) is 19.1 Å². The second-order valence-corrected chi connectivity index (χ2v) is 5.46. The molecule has 0 fully saturated rings. The number of alkyl halides is 3. The van der Waals surface area contributed by atoms with Crippen LogP contribution >= 0.6 is 0 Å². The van der Waals surface area contributed by atoms with Crippen LogP contribution in [0.15, 0.2) is 35.2 Å². The van der Waals surface area contributed by atoms with Gasteiger partial charge in [0.1, 0.15) is 0 Å². The maximum Gasteiger partial charge on any atom is 0.471 e. The zero-order valence-corrected chi connectivity index (χ0v) is 13.9. The quantitative estimate of drug-likeness (QED) is 0.596. The third-order valence-electron chi connectivity index (χ3n) is 3.53. The summed E-state index contributed by atoms with van der Waals surface area (Å²) in [5, 5.41) is 7.54. The van der Waals surface area contributed by atoms with Crippen LogP contribution in [0.5, 0.6) is 5.88 Å². The van der Waals surface area contributed by atoms with Crippen molar-refractivity contribution in [1.82, 2.24) is 24.9 Å². The Labute approximate surface area is 146 Å². The topological polar surface area (TPSA) is 78.9 Å². The minimum atomic E-state index is -4.68. The van der Waals surface area contributed by atoms with Gasteiger partial charge in [-0.25, -0.2) is 4.98 Å². The van der Waals surface area contributed by atoms with E-state index in [2.05, 4.69) is 24.7 Å². The highest BCUT2D eigenvalue weighted by Gasteiger charge is 2.38. The van der Waals surface area contributed by atoms with Crippen molar-refractivity contribution < 1.29 is 22.4 Å². The van der Waals surface area contributed by atoms with Gasteiger partial charge in [-0.15, -0.1) is 0 Å². The van der Waals surface area contributed by atoms with E-state index >= 15 is 0 Å². The van der Waals surface area contributed by atoms with Gasteiger partial charge in [0.15, 0.2) is 0 Å². The van der Waals surface area contributed by atoms with Gasteiger partial charge in [0.2, 0.25) is 11.7 Å². The number of aromatic nitrogens is 5. The third-order valence-corrected chi connectivity index (χ3v) is 3.53. The molecule has 10 heteroatoms. The Morgan fingerprint density at radius 1 is 1.31 bits per heavy atom. The standard InChI is InChI=1S/C16H16F3N5O2/c1-2-24-10-11(9-21-24)4-3-7-25-13-8-12(5-6-20-13)14-22-15(26-23-14)16(17,18)19/h5-6,8-10H,2-4,7H2,1H3. The molecule has 0 spiro atoms. The van der Waals surface area contributed by atoms with E-state index in [9.17, 15) is 13.2 Å². The molecule has 0 atom stereocenters. The van der Waals surface area contributed by atoms with Crippen molar-refractivity contribution >= 4 is 0 Å². The molecule has 0 saturated carbocycles. The van der Waals surface area contributed by atoms with Crippen molar-refractivity contribution in [2.24, 2.45) is 0 Å². The number of hydrogen-bond donors (Lipinski definition) is 0. The molecule has 3 aromatic rings. The second-order valence-electron chi connectivity index (χ2n) is 5.46. The summed E-state index contributed by atoms with van der Waals surface area (Å²) in [5.41, 5.74) is 1.45. The zero-order chi connectivity index (χ0) is 18.6. The van der Waals surface area contributed by atoms with Crippen LogP contribution in [0, 0.1) is 0 Å². The highest BCUT2D eigenvalue weighted by Crippen LogP contribution is 2.29. The molecule has 0 aromatic carbocycles. The van der Waals surface area contributed by atoms with Gasteiger partial charge < -0.3 is 9.26 Å². The molecule has 26 heavy (non-hydrogen) atoms. The molecule has 0 saturated heterocycles. The fraction of sp³-hybridized carbons (Fsp3) is 0.375. The van der Waals surface area contributed by atoms with E-state index in [1.54, 1.807) is 0 Å². The Kier molecular flexibility index (Phi) is 5.19. The van der Waals surface area contributed by atoms with Gasteiger partial charge in [0, 0.05) is 30.6 Å². The van der Waals surface area contributed by atoms with Crippen LogP contribution in [-0.4, -0.2) is 31.5 Å². The lowest BCUT2D eigenvalue weighted by Gasteiger charge is -2.05. The molecule has 0 aliphatic heterocycles. The fourth-order valence-corrected chi connectivity index (χ4v) is 2.24. The van der Waals surface area contributed by atoms with Crippen LogP contribution in [0.2, 0.25) is 0 Å². The average molecular weight is 367 g/mol. The van der Waals surface area contributed by atoms with Crippen LogP contribution in [0.4, 0.5) is 13.2 Å².